The fraction of sp³-hybridized carbons (Fsp3) is 0.550. The molecule has 1 aliphatic rings. The van der Waals surface area contributed by atoms with Gasteiger partial charge in [0.05, 0.1) is 24.2 Å². The molecule has 1 amide bonds. The highest BCUT2D eigenvalue weighted by Crippen LogP contribution is 2.33. The van der Waals surface area contributed by atoms with Crippen molar-refractivity contribution in [1.82, 2.24) is 5.32 Å². The van der Waals surface area contributed by atoms with Gasteiger partial charge >= 0.3 is 0 Å². The van der Waals surface area contributed by atoms with E-state index in [-0.39, 0.29) is 17.7 Å². The zero-order chi connectivity index (χ0) is 18.0. The summed E-state index contributed by atoms with van der Waals surface area (Å²) in [4.78, 5) is 14.3. The molecular formula is C20H29N2O3+. The second kappa shape index (κ2) is 7.48. The number of hydrogen-bond acceptors (Lipinski definition) is 3. The van der Waals surface area contributed by atoms with E-state index >= 15 is 0 Å². The molecule has 136 valence electrons. The van der Waals surface area contributed by atoms with Gasteiger partial charge < -0.3 is 19.7 Å². The summed E-state index contributed by atoms with van der Waals surface area (Å²) in [5.74, 6) is 0.777. The van der Waals surface area contributed by atoms with Crippen LogP contribution in [0.2, 0.25) is 0 Å². The molecule has 0 bridgehead atoms. The maximum Gasteiger partial charge on any atom is 0.255 e. The number of fused-ring (bicyclic) bond motifs is 1. The minimum absolute atomic E-state index is 0.0791. The van der Waals surface area contributed by atoms with Crippen molar-refractivity contribution >= 4 is 16.9 Å². The number of carbonyl (C=O) groups is 1. The van der Waals surface area contributed by atoms with Gasteiger partial charge in [0.2, 0.25) is 0 Å². The standard InChI is InChI=1S/C20H28N2O3/c1-4-22(5-2)12-15-16(23)10-11-17-19(15)18(13(3)25-17)20(24)21-14-8-6-7-9-14/h10-11,14,23H,4-9,12H2,1-3H3,(H,21,24)/p+1. The van der Waals surface area contributed by atoms with E-state index in [9.17, 15) is 9.90 Å². The summed E-state index contributed by atoms with van der Waals surface area (Å²) in [6.07, 6.45) is 4.44. The quantitative estimate of drug-likeness (QED) is 0.754. The molecule has 5 nitrogen and oxygen atoms in total. The Morgan fingerprint density at radius 2 is 1.96 bits per heavy atom. The van der Waals surface area contributed by atoms with Crippen molar-refractivity contribution in [2.24, 2.45) is 0 Å². The summed E-state index contributed by atoms with van der Waals surface area (Å²) in [6.45, 7) is 8.70. The van der Waals surface area contributed by atoms with Crippen molar-refractivity contribution in [2.75, 3.05) is 13.1 Å². The summed E-state index contributed by atoms with van der Waals surface area (Å²) >= 11 is 0. The van der Waals surface area contributed by atoms with Gasteiger partial charge in [0.15, 0.2) is 0 Å². The lowest BCUT2D eigenvalue weighted by Gasteiger charge is -2.17. The third kappa shape index (κ3) is 3.52. The van der Waals surface area contributed by atoms with Gasteiger partial charge in [0, 0.05) is 11.4 Å². The molecule has 3 N–H and O–H groups in total. The van der Waals surface area contributed by atoms with Crippen LogP contribution in [0.5, 0.6) is 5.75 Å². The number of aryl methyl sites for hydroxylation is 1. The first-order chi connectivity index (χ1) is 12.0. The van der Waals surface area contributed by atoms with Crippen LogP contribution in [0.1, 0.15) is 61.2 Å². The number of furan rings is 1. The number of amides is 1. The summed E-state index contributed by atoms with van der Waals surface area (Å²) in [7, 11) is 0. The molecule has 1 saturated carbocycles. The molecule has 2 aromatic rings. The molecule has 0 atom stereocenters. The van der Waals surface area contributed by atoms with E-state index in [1.807, 2.05) is 6.92 Å². The number of nitrogens with one attached hydrogen (secondary N) is 2. The van der Waals surface area contributed by atoms with Gasteiger partial charge in [-0.05, 0) is 45.7 Å². The van der Waals surface area contributed by atoms with Gasteiger partial charge in [-0.1, -0.05) is 12.8 Å². The highest BCUT2D eigenvalue weighted by Gasteiger charge is 2.26. The SMILES string of the molecule is CC[NH+](CC)Cc1c(O)ccc2oc(C)c(C(=O)NC3CCCC3)c12. The molecule has 25 heavy (non-hydrogen) atoms. The predicted octanol–water partition coefficient (Wildman–Crippen LogP) is 2.54. The van der Waals surface area contributed by atoms with Crippen LogP contribution in [0, 0.1) is 6.92 Å². The Balaban J connectivity index is 2.03. The van der Waals surface area contributed by atoms with Gasteiger partial charge in [0.25, 0.3) is 5.91 Å². The second-order valence-electron chi connectivity index (χ2n) is 7.06. The van der Waals surface area contributed by atoms with Crippen LogP contribution in [0.3, 0.4) is 0 Å². The number of phenolic OH excluding ortho intramolecular Hbond substituents is 1. The topological polar surface area (TPSA) is 66.9 Å². The van der Waals surface area contributed by atoms with Crippen molar-refractivity contribution in [2.45, 2.75) is 59.0 Å². The van der Waals surface area contributed by atoms with Crippen LogP contribution in [-0.4, -0.2) is 30.1 Å². The monoisotopic (exact) mass is 345 g/mol. The fourth-order valence-electron chi connectivity index (χ4n) is 3.90. The van der Waals surface area contributed by atoms with Crippen LogP contribution in [0.15, 0.2) is 16.5 Å². The molecule has 0 aliphatic heterocycles. The van der Waals surface area contributed by atoms with Crippen LogP contribution in [0.4, 0.5) is 0 Å². The van der Waals surface area contributed by atoms with E-state index < -0.39 is 0 Å². The number of hydrogen-bond donors (Lipinski definition) is 3. The molecule has 1 aromatic heterocycles. The average Bonchev–Trinajstić information content (AvgIpc) is 3.21. The van der Waals surface area contributed by atoms with Crippen molar-refractivity contribution in [3.8, 4) is 5.75 Å². The first kappa shape index (κ1) is 17.8. The highest BCUT2D eigenvalue weighted by atomic mass is 16.3. The predicted molar refractivity (Wildman–Crippen MR) is 98.1 cm³/mol. The Hall–Kier alpha value is -2.01. The van der Waals surface area contributed by atoms with E-state index in [1.54, 1.807) is 12.1 Å². The lowest BCUT2D eigenvalue weighted by atomic mass is 10.0. The van der Waals surface area contributed by atoms with Crippen LogP contribution in [-0.2, 0) is 6.54 Å². The summed E-state index contributed by atoms with van der Waals surface area (Å²) < 4.78 is 5.85. The molecule has 0 saturated heterocycles. The number of carbonyl (C=O) groups excluding carboxylic acids is 1. The first-order valence-corrected chi connectivity index (χ1v) is 9.43. The molecule has 0 radical (unpaired) electrons. The number of quaternary nitrogens is 1. The lowest BCUT2D eigenvalue weighted by molar-refractivity contribution is -0.910. The average molecular weight is 345 g/mol. The Labute approximate surface area is 149 Å². The summed E-state index contributed by atoms with van der Waals surface area (Å²) in [5.41, 5.74) is 2.07. The Kier molecular flexibility index (Phi) is 5.33. The minimum atomic E-state index is -0.0791. The lowest BCUT2D eigenvalue weighted by Crippen LogP contribution is -3.10. The second-order valence-corrected chi connectivity index (χ2v) is 7.06. The van der Waals surface area contributed by atoms with Crippen LogP contribution >= 0.6 is 0 Å². The Morgan fingerprint density at radius 1 is 1.28 bits per heavy atom. The molecule has 1 fully saturated rings. The third-order valence-electron chi connectivity index (χ3n) is 5.46. The molecule has 3 rings (SSSR count). The molecule has 1 heterocycles. The maximum absolute atomic E-state index is 12.9. The number of aromatic hydroxyl groups is 1. The smallest absolute Gasteiger partial charge is 0.255 e. The van der Waals surface area contributed by atoms with E-state index in [2.05, 4.69) is 19.2 Å². The molecule has 1 aliphatic carbocycles. The zero-order valence-corrected chi connectivity index (χ0v) is 15.4. The first-order valence-electron chi connectivity index (χ1n) is 9.43. The Morgan fingerprint density at radius 3 is 2.60 bits per heavy atom. The van der Waals surface area contributed by atoms with E-state index in [1.165, 1.54) is 17.7 Å². The zero-order valence-electron chi connectivity index (χ0n) is 15.4. The fourth-order valence-corrected chi connectivity index (χ4v) is 3.90. The van der Waals surface area contributed by atoms with Gasteiger partial charge in [-0.15, -0.1) is 0 Å². The maximum atomic E-state index is 12.9. The van der Waals surface area contributed by atoms with Gasteiger partial charge in [-0.3, -0.25) is 4.79 Å². The third-order valence-corrected chi connectivity index (χ3v) is 5.46. The molecule has 0 unspecified atom stereocenters. The van der Waals surface area contributed by atoms with Crippen molar-refractivity contribution in [3.63, 3.8) is 0 Å². The minimum Gasteiger partial charge on any atom is -0.507 e. The summed E-state index contributed by atoms with van der Waals surface area (Å²) in [5, 5.41) is 14.4. The molecule has 0 spiro atoms. The van der Waals surface area contributed by atoms with E-state index in [4.69, 9.17) is 4.42 Å². The van der Waals surface area contributed by atoms with Crippen LogP contribution < -0.4 is 10.2 Å². The van der Waals surface area contributed by atoms with Crippen molar-refractivity contribution < 1.29 is 19.2 Å². The van der Waals surface area contributed by atoms with Gasteiger partial charge in [-0.2, -0.15) is 0 Å². The van der Waals surface area contributed by atoms with Gasteiger partial charge in [0.1, 0.15) is 23.6 Å². The number of rotatable bonds is 6. The Bertz CT molecular complexity index is 756. The van der Waals surface area contributed by atoms with Crippen molar-refractivity contribution in [1.29, 1.82) is 0 Å². The largest absolute Gasteiger partial charge is 0.507 e. The summed E-state index contributed by atoms with van der Waals surface area (Å²) in [6, 6.07) is 3.68. The normalized spacial score (nSPS) is 15.4. The van der Waals surface area contributed by atoms with Crippen LogP contribution in [0.25, 0.3) is 11.0 Å². The highest BCUT2D eigenvalue weighted by molar-refractivity contribution is 6.09. The molecule has 5 heteroatoms. The molecular weight excluding hydrogens is 316 g/mol. The van der Waals surface area contributed by atoms with E-state index in [0.717, 1.165) is 36.9 Å². The number of benzene rings is 1. The van der Waals surface area contributed by atoms with Gasteiger partial charge in [-0.25, -0.2) is 0 Å². The van der Waals surface area contributed by atoms with E-state index in [0.29, 0.717) is 23.5 Å². The number of phenols is 1. The van der Waals surface area contributed by atoms with Crippen molar-refractivity contribution in [3.05, 3.63) is 29.0 Å². The molecule has 1 aromatic carbocycles.